The van der Waals surface area contributed by atoms with Gasteiger partial charge in [0.15, 0.2) is 0 Å². The van der Waals surface area contributed by atoms with Gasteiger partial charge in [-0.3, -0.25) is 4.79 Å². The SMILES string of the molecule is O=C(CCc1nc(-c2ccsc2)no1)NCCc1ccc(C(F)(F)F)cc1. The van der Waals surface area contributed by atoms with Crippen LogP contribution in [0.25, 0.3) is 11.4 Å². The highest BCUT2D eigenvalue weighted by atomic mass is 32.1. The summed E-state index contributed by atoms with van der Waals surface area (Å²) in [6.07, 6.45) is -3.38. The number of nitrogens with one attached hydrogen (secondary N) is 1. The van der Waals surface area contributed by atoms with Crippen molar-refractivity contribution in [3.05, 3.63) is 58.1 Å². The molecule has 0 aliphatic rings. The van der Waals surface area contributed by atoms with Gasteiger partial charge in [-0.2, -0.15) is 29.5 Å². The van der Waals surface area contributed by atoms with E-state index in [-0.39, 0.29) is 12.3 Å². The Kier molecular flexibility index (Phi) is 5.90. The zero-order chi connectivity index (χ0) is 19.3. The first-order chi connectivity index (χ1) is 12.9. The number of aryl methyl sites for hydroxylation is 1. The van der Waals surface area contributed by atoms with Crippen LogP contribution in [0, 0.1) is 0 Å². The number of carbonyl (C=O) groups is 1. The summed E-state index contributed by atoms with van der Waals surface area (Å²) >= 11 is 1.53. The maximum atomic E-state index is 12.5. The number of benzene rings is 1. The molecule has 142 valence electrons. The molecule has 0 saturated carbocycles. The minimum Gasteiger partial charge on any atom is -0.356 e. The normalized spacial score (nSPS) is 11.5. The largest absolute Gasteiger partial charge is 0.416 e. The number of halogens is 3. The van der Waals surface area contributed by atoms with E-state index in [0.29, 0.717) is 31.1 Å². The minimum atomic E-state index is -4.34. The highest BCUT2D eigenvalue weighted by molar-refractivity contribution is 7.08. The van der Waals surface area contributed by atoms with Crippen LogP contribution in [0.3, 0.4) is 0 Å². The lowest BCUT2D eigenvalue weighted by Gasteiger charge is -2.08. The summed E-state index contributed by atoms with van der Waals surface area (Å²) in [6.45, 7) is 0.341. The van der Waals surface area contributed by atoms with Gasteiger partial charge in [-0.05, 0) is 35.6 Å². The van der Waals surface area contributed by atoms with Gasteiger partial charge in [0.1, 0.15) is 0 Å². The second kappa shape index (κ2) is 8.34. The van der Waals surface area contributed by atoms with Gasteiger partial charge in [-0.15, -0.1) is 0 Å². The van der Waals surface area contributed by atoms with Crippen LogP contribution in [-0.4, -0.2) is 22.6 Å². The smallest absolute Gasteiger partial charge is 0.356 e. The molecule has 0 aliphatic heterocycles. The van der Waals surface area contributed by atoms with E-state index in [0.717, 1.165) is 23.3 Å². The predicted molar refractivity (Wildman–Crippen MR) is 94.1 cm³/mol. The molecule has 2 heterocycles. The van der Waals surface area contributed by atoms with Crippen molar-refractivity contribution in [3.63, 3.8) is 0 Å². The molecular weight excluding hydrogens is 379 g/mol. The maximum absolute atomic E-state index is 12.5. The summed E-state index contributed by atoms with van der Waals surface area (Å²) in [6, 6.07) is 6.79. The lowest BCUT2D eigenvalue weighted by molar-refractivity contribution is -0.137. The number of thiophene rings is 1. The van der Waals surface area contributed by atoms with E-state index in [1.165, 1.54) is 23.5 Å². The molecule has 27 heavy (non-hydrogen) atoms. The van der Waals surface area contributed by atoms with Crippen LogP contribution >= 0.6 is 11.3 Å². The quantitative estimate of drug-likeness (QED) is 0.654. The van der Waals surface area contributed by atoms with Crippen molar-refractivity contribution in [1.82, 2.24) is 15.5 Å². The fourth-order valence-corrected chi connectivity index (χ4v) is 3.02. The van der Waals surface area contributed by atoms with E-state index in [4.69, 9.17) is 4.52 Å². The first-order valence-corrected chi connectivity index (χ1v) is 9.14. The summed E-state index contributed by atoms with van der Waals surface area (Å²) in [5.74, 6) is 0.695. The summed E-state index contributed by atoms with van der Waals surface area (Å²) in [5.41, 5.74) is 0.910. The Hall–Kier alpha value is -2.68. The molecule has 1 amide bonds. The first kappa shape index (κ1) is 19.1. The lowest BCUT2D eigenvalue weighted by Crippen LogP contribution is -2.25. The van der Waals surface area contributed by atoms with Crippen LogP contribution in [-0.2, 0) is 23.8 Å². The number of nitrogens with zero attached hydrogens (tertiary/aromatic N) is 2. The topological polar surface area (TPSA) is 68.0 Å². The van der Waals surface area contributed by atoms with Crippen molar-refractivity contribution in [2.75, 3.05) is 6.54 Å². The predicted octanol–water partition coefficient (Wildman–Crippen LogP) is 4.11. The molecule has 1 aromatic carbocycles. The Morgan fingerprint density at radius 1 is 1.15 bits per heavy atom. The van der Waals surface area contributed by atoms with Gasteiger partial charge in [-0.1, -0.05) is 17.3 Å². The zero-order valence-corrected chi connectivity index (χ0v) is 14.9. The molecule has 0 saturated heterocycles. The van der Waals surface area contributed by atoms with Crippen molar-refractivity contribution < 1.29 is 22.5 Å². The molecule has 3 rings (SSSR count). The van der Waals surface area contributed by atoms with Gasteiger partial charge in [0.2, 0.25) is 17.6 Å². The minimum absolute atomic E-state index is 0.183. The highest BCUT2D eigenvalue weighted by Crippen LogP contribution is 2.29. The number of aromatic nitrogens is 2. The van der Waals surface area contributed by atoms with Crippen LogP contribution in [0.1, 0.15) is 23.4 Å². The second-order valence-electron chi connectivity index (χ2n) is 5.82. The van der Waals surface area contributed by atoms with Gasteiger partial charge in [0.05, 0.1) is 5.56 Å². The standard InChI is InChI=1S/C18H16F3N3O2S/c19-18(20,21)14-3-1-12(2-4-14)7-9-22-15(25)5-6-16-23-17(24-26-16)13-8-10-27-11-13/h1-4,8,10-11H,5-7,9H2,(H,22,25). The van der Waals surface area contributed by atoms with Crippen molar-refractivity contribution in [2.24, 2.45) is 0 Å². The molecule has 9 heteroatoms. The lowest BCUT2D eigenvalue weighted by atomic mass is 10.1. The number of hydrogen-bond donors (Lipinski definition) is 1. The maximum Gasteiger partial charge on any atom is 0.416 e. The van der Waals surface area contributed by atoms with Crippen molar-refractivity contribution in [2.45, 2.75) is 25.4 Å². The third kappa shape index (κ3) is 5.40. The van der Waals surface area contributed by atoms with Crippen LogP contribution < -0.4 is 5.32 Å². The van der Waals surface area contributed by atoms with Gasteiger partial charge >= 0.3 is 6.18 Å². The van der Waals surface area contributed by atoms with E-state index >= 15 is 0 Å². The summed E-state index contributed by atoms with van der Waals surface area (Å²) in [4.78, 5) is 16.1. The molecular formula is C18H16F3N3O2S. The summed E-state index contributed by atoms with van der Waals surface area (Å²) in [7, 11) is 0. The molecule has 1 N–H and O–H groups in total. The molecule has 0 unspecified atom stereocenters. The molecule has 0 aliphatic carbocycles. The fraction of sp³-hybridized carbons (Fsp3) is 0.278. The van der Waals surface area contributed by atoms with Gasteiger partial charge in [0, 0.05) is 30.3 Å². The van der Waals surface area contributed by atoms with Crippen LogP contribution in [0.2, 0.25) is 0 Å². The molecule has 0 radical (unpaired) electrons. The van der Waals surface area contributed by atoms with Crippen LogP contribution in [0.4, 0.5) is 13.2 Å². The Morgan fingerprint density at radius 3 is 2.59 bits per heavy atom. The Morgan fingerprint density at radius 2 is 1.93 bits per heavy atom. The zero-order valence-electron chi connectivity index (χ0n) is 14.1. The molecule has 0 fully saturated rings. The molecule has 0 atom stereocenters. The van der Waals surface area contributed by atoms with E-state index in [1.807, 2.05) is 16.8 Å². The fourth-order valence-electron chi connectivity index (χ4n) is 2.38. The summed E-state index contributed by atoms with van der Waals surface area (Å²) in [5, 5.41) is 10.4. The molecule has 0 bridgehead atoms. The number of hydrogen-bond acceptors (Lipinski definition) is 5. The number of rotatable bonds is 7. The van der Waals surface area contributed by atoms with Crippen molar-refractivity contribution in [3.8, 4) is 11.4 Å². The van der Waals surface area contributed by atoms with Crippen molar-refractivity contribution in [1.29, 1.82) is 0 Å². The van der Waals surface area contributed by atoms with Crippen LogP contribution in [0.5, 0.6) is 0 Å². The summed E-state index contributed by atoms with van der Waals surface area (Å²) < 4.78 is 42.7. The second-order valence-corrected chi connectivity index (χ2v) is 6.60. The monoisotopic (exact) mass is 395 g/mol. The van der Waals surface area contributed by atoms with E-state index in [1.54, 1.807) is 0 Å². The molecule has 5 nitrogen and oxygen atoms in total. The third-order valence-electron chi connectivity index (χ3n) is 3.83. The Balaban J connectivity index is 1.40. The van der Waals surface area contributed by atoms with E-state index < -0.39 is 11.7 Å². The Labute approximate surface area is 157 Å². The highest BCUT2D eigenvalue weighted by Gasteiger charge is 2.29. The van der Waals surface area contributed by atoms with Gasteiger partial charge in [0.25, 0.3) is 0 Å². The number of alkyl halides is 3. The molecule has 3 aromatic rings. The van der Waals surface area contributed by atoms with Crippen molar-refractivity contribution >= 4 is 17.2 Å². The van der Waals surface area contributed by atoms with Gasteiger partial charge in [-0.25, -0.2) is 0 Å². The molecule has 2 aromatic heterocycles. The van der Waals surface area contributed by atoms with E-state index in [9.17, 15) is 18.0 Å². The third-order valence-corrected chi connectivity index (χ3v) is 4.51. The number of amides is 1. The first-order valence-electron chi connectivity index (χ1n) is 8.20. The average molecular weight is 395 g/mol. The van der Waals surface area contributed by atoms with Crippen LogP contribution in [0.15, 0.2) is 45.6 Å². The molecule has 0 spiro atoms. The Bertz CT molecular complexity index is 874. The number of carbonyl (C=O) groups excluding carboxylic acids is 1. The van der Waals surface area contributed by atoms with E-state index in [2.05, 4.69) is 15.5 Å². The average Bonchev–Trinajstić information content (AvgIpc) is 3.31. The van der Waals surface area contributed by atoms with Gasteiger partial charge < -0.3 is 9.84 Å².